The average molecular weight is 310 g/mol. The van der Waals surface area contributed by atoms with Gasteiger partial charge in [-0.2, -0.15) is 0 Å². The van der Waals surface area contributed by atoms with E-state index in [2.05, 4.69) is 39.1 Å². The zero-order valence-electron chi connectivity index (χ0n) is 10.7. The van der Waals surface area contributed by atoms with Gasteiger partial charge in [0, 0.05) is 28.4 Å². The predicted octanol–water partition coefficient (Wildman–Crippen LogP) is 2.85. The number of nitrogens with two attached hydrogens (primary N) is 1. The quantitative estimate of drug-likeness (QED) is 0.825. The van der Waals surface area contributed by atoms with Crippen LogP contribution in [0.1, 0.15) is 18.4 Å². The highest BCUT2D eigenvalue weighted by Crippen LogP contribution is 2.33. The second-order valence-electron chi connectivity index (χ2n) is 5.58. The number of anilines is 2. The summed E-state index contributed by atoms with van der Waals surface area (Å²) in [4.78, 5) is 2.57. The number of hydrogen-bond acceptors (Lipinski definition) is 3. The fourth-order valence-corrected chi connectivity index (χ4v) is 3.61. The van der Waals surface area contributed by atoms with Gasteiger partial charge in [-0.05, 0) is 72.4 Å². The molecule has 0 radical (unpaired) electrons. The molecule has 0 aliphatic carbocycles. The second-order valence-corrected chi connectivity index (χ2v) is 6.43. The van der Waals surface area contributed by atoms with Gasteiger partial charge in [-0.25, -0.2) is 0 Å². The van der Waals surface area contributed by atoms with Crippen molar-refractivity contribution in [3.8, 4) is 0 Å². The first-order valence-electron chi connectivity index (χ1n) is 6.68. The molecule has 4 rings (SSSR count). The van der Waals surface area contributed by atoms with Gasteiger partial charge < -0.3 is 16.0 Å². The maximum atomic E-state index is 5.92. The van der Waals surface area contributed by atoms with Crippen molar-refractivity contribution >= 4 is 27.3 Å². The Morgan fingerprint density at radius 3 is 2.67 bits per heavy atom. The largest absolute Gasteiger partial charge is 0.398 e. The van der Waals surface area contributed by atoms with Crippen molar-refractivity contribution in [1.29, 1.82) is 0 Å². The number of nitrogens with one attached hydrogen (secondary N) is 1. The third-order valence-corrected chi connectivity index (χ3v) is 5.01. The van der Waals surface area contributed by atoms with Gasteiger partial charge in [0.15, 0.2) is 0 Å². The Morgan fingerprint density at radius 2 is 2.06 bits per heavy atom. The summed E-state index contributed by atoms with van der Waals surface area (Å²) in [6, 6.07) is 4.74. The highest BCUT2D eigenvalue weighted by Gasteiger charge is 2.34. The van der Waals surface area contributed by atoms with Crippen LogP contribution in [-0.4, -0.2) is 30.6 Å². The molecule has 3 aliphatic rings. The molecule has 3 nitrogen and oxygen atoms in total. The van der Waals surface area contributed by atoms with Gasteiger partial charge >= 0.3 is 0 Å². The number of hydrogen-bond donors (Lipinski definition) is 2. The van der Waals surface area contributed by atoms with Crippen LogP contribution in [0.25, 0.3) is 0 Å². The number of halogens is 1. The van der Waals surface area contributed by atoms with E-state index in [1.807, 2.05) is 6.07 Å². The molecule has 1 aromatic carbocycles. The lowest BCUT2D eigenvalue weighted by Crippen LogP contribution is -2.53. The summed E-state index contributed by atoms with van der Waals surface area (Å²) in [6.45, 7) is 5.81. The van der Waals surface area contributed by atoms with Crippen LogP contribution in [-0.2, 0) is 0 Å². The van der Waals surface area contributed by atoms with Crippen LogP contribution < -0.4 is 11.1 Å². The van der Waals surface area contributed by atoms with Crippen LogP contribution in [0.15, 0.2) is 16.6 Å². The molecule has 0 spiro atoms. The van der Waals surface area contributed by atoms with Crippen molar-refractivity contribution in [2.75, 3.05) is 30.7 Å². The predicted molar refractivity (Wildman–Crippen MR) is 79.9 cm³/mol. The molecule has 1 atom stereocenters. The average Bonchev–Trinajstić information content (AvgIpc) is 2.37. The first kappa shape index (κ1) is 12.3. The second kappa shape index (κ2) is 4.74. The van der Waals surface area contributed by atoms with Crippen molar-refractivity contribution in [3.05, 3.63) is 22.2 Å². The van der Waals surface area contributed by atoms with Gasteiger partial charge in [0.1, 0.15) is 0 Å². The van der Waals surface area contributed by atoms with Crippen LogP contribution in [0.2, 0.25) is 0 Å². The topological polar surface area (TPSA) is 41.3 Å². The van der Waals surface area contributed by atoms with Gasteiger partial charge in [0.2, 0.25) is 0 Å². The minimum atomic E-state index is 0.590. The van der Waals surface area contributed by atoms with Gasteiger partial charge in [-0.15, -0.1) is 0 Å². The fraction of sp³-hybridized carbons (Fsp3) is 0.571. The monoisotopic (exact) mass is 309 g/mol. The minimum absolute atomic E-state index is 0.590. The summed E-state index contributed by atoms with van der Waals surface area (Å²) in [5.41, 5.74) is 9.09. The molecule has 3 N–H and O–H groups in total. The van der Waals surface area contributed by atoms with Crippen molar-refractivity contribution in [3.63, 3.8) is 0 Å². The molecule has 0 aromatic heterocycles. The molecule has 98 valence electrons. The zero-order chi connectivity index (χ0) is 12.7. The Hall–Kier alpha value is -0.740. The number of nitrogen functional groups attached to an aromatic ring is 1. The lowest BCUT2D eigenvalue weighted by Gasteiger charge is -2.45. The molecule has 3 fully saturated rings. The molecule has 1 aromatic rings. The maximum absolute atomic E-state index is 5.92. The summed E-state index contributed by atoms with van der Waals surface area (Å²) >= 11 is 3.61. The highest BCUT2D eigenvalue weighted by atomic mass is 79.9. The summed E-state index contributed by atoms with van der Waals surface area (Å²) in [6.07, 6.45) is 2.67. The molecule has 1 unspecified atom stereocenters. The van der Waals surface area contributed by atoms with Crippen LogP contribution in [0.4, 0.5) is 11.4 Å². The molecule has 2 bridgehead atoms. The molecular formula is C14H20BrN3. The number of aryl methyl sites for hydroxylation is 1. The fourth-order valence-electron chi connectivity index (χ4n) is 3.14. The van der Waals surface area contributed by atoms with E-state index in [9.17, 15) is 0 Å². The Bertz CT molecular complexity index is 453. The number of fused-ring (bicyclic) bond motifs is 3. The third kappa shape index (κ3) is 2.24. The lowest BCUT2D eigenvalue weighted by atomic mass is 9.84. The molecule has 3 saturated heterocycles. The van der Waals surface area contributed by atoms with E-state index in [4.69, 9.17) is 5.73 Å². The van der Waals surface area contributed by atoms with E-state index in [1.165, 1.54) is 38.2 Å². The minimum Gasteiger partial charge on any atom is -0.398 e. The molecule has 0 saturated carbocycles. The highest BCUT2D eigenvalue weighted by molar-refractivity contribution is 9.10. The summed E-state index contributed by atoms with van der Waals surface area (Å²) in [7, 11) is 0. The number of nitrogens with zero attached hydrogens (tertiary/aromatic N) is 1. The smallest absolute Gasteiger partial charge is 0.0491 e. The van der Waals surface area contributed by atoms with Gasteiger partial charge in [-0.3, -0.25) is 0 Å². The normalized spacial score (nSPS) is 30.4. The van der Waals surface area contributed by atoms with Crippen LogP contribution in [0.3, 0.4) is 0 Å². The molecular weight excluding hydrogens is 290 g/mol. The lowest BCUT2D eigenvalue weighted by molar-refractivity contribution is 0.0975. The van der Waals surface area contributed by atoms with E-state index in [-0.39, 0.29) is 0 Å². The summed E-state index contributed by atoms with van der Waals surface area (Å²) < 4.78 is 1.07. The first-order valence-corrected chi connectivity index (χ1v) is 7.47. The number of benzene rings is 1. The molecule has 18 heavy (non-hydrogen) atoms. The Balaban J connectivity index is 1.78. The van der Waals surface area contributed by atoms with Gasteiger partial charge in [0.25, 0.3) is 0 Å². The van der Waals surface area contributed by atoms with Gasteiger partial charge in [-0.1, -0.05) is 0 Å². The first-order chi connectivity index (χ1) is 8.63. The molecule has 3 heterocycles. The maximum Gasteiger partial charge on any atom is 0.0491 e. The van der Waals surface area contributed by atoms with E-state index in [0.717, 1.165) is 21.6 Å². The SMILES string of the molecule is Cc1cc(NC2CN3CCC2CC3)c(Br)cc1N. The summed E-state index contributed by atoms with van der Waals surface area (Å²) in [5, 5.41) is 3.70. The van der Waals surface area contributed by atoms with Crippen molar-refractivity contribution in [2.24, 2.45) is 5.92 Å². The molecule has 3 aliphatic heterocycles. The van der Waals surface area contributed by atoms with Crippen LogP contribution in [0, 0.1) is 12.8 Å². The summed E-state index contributed by atoms with van der Waals surface area (Å²) in [5.74, 6) is 0.833. The van der Waals surface area contributed by atoms with E-state index >= 15 is 0 Å². The van der Waals surface area contributed by atoms with Crippen molar-refractivity contribution in [1.82, 2.24) is 4.90 Å². The van der Waals surface area contributed by atoms with E-state index in [1.54, 1.807) is 0 Å². The Labute approximate surface area is 117 Å². The van der Waals surface area contributed by atoms with Gasteiger partial charge in [0.05, 0.1) is 0 Å². The Morgan fingerprint density at radius 1 is 1.33 bits per heavy atom. The number of piperidine rings is 3. The van der Waals surface area contributed by atoms with Crippen LogP contribution >= 0.6 is 15.9 Å². The molecule has 0 amide bonds. The van der Waals surface area contributed by atoms with Crippen LogP contribution in [0.5, 0.6) is 0 Å². The zero-order valence-corrected chi connectivity index (χ0v) is 12.3. The number of rotatable bonds is 2. The Kier molecular flexibility index (Phi) is 3.24. The molecule has 4 heteroatoms. The van der Waals surface area contributed by atoms with E-state index in [0.29, 0.717) is 6.04 Å². The van der Waals surface area contributed by atoms with Crippen molar-refractivity contribution in [2.45, 2.75) is 25.8 Å². The van der Waals surface area contributed by atoms with Crippen molar-refractivity contribution < 1.29 is 0 Å². The third-order valence-electron chi connectivity index (χ3n) is 4.35. The standard InChI is InChI=1S/C14H20BrN3/c1-9-6-13(11(15)7-12(9)16)17-14-8-18-4-2-10(14)3-5-18/h6-7,10,14,17H,2-5,8,16H2,1H3. The van der Waals surface area contributed by atoms with E-state index < -0.39 is 0 Å².